The first-order valence-electron chi connectivity index (χ1n) is 24.2. The Labute approximate surface area is 421 Å². The van der Waals surface area contributed by atoms with Gasteiger partial charge in [0.05, 0.1) is 22.4 Å². The summed E-state index contributed by atoms with van der Waals surface area (Å²) >= 11 is 0. The quantitative estimate of drug-likeness (QED) is 0.135. The van der Waals surface area contributed by atoms with Gasteiger partial charge >= 0.3 is 0 Å². The highest BCUT2D eigenvalue weighted by Gasteiger charge is 2.21. The molecule has 0 radical (unpaired) electrons. The number of rotatable bonds is 10. The van der Waals surface area contributed by atoms with Gasteiger partial charge in [0.15, 0.2) is 34.9 Å². The van der Waals surface area contributed by atoms with Crippen LogP contribution in [0.1, 0.15) is 0 Å². The van der Waals surface area contributed by atoms with Gasteiger partial charge < -0.3 is 4.57 Å². The van der Waals surface area contributed by atoms with Crippen LogP contribution in [0.25, 0.3) is 129 Å². The molecular formula is C65H42N8. The Balaban J connectivity index is 1.08. The Hall–Kier alpha value is -10.1. The predicted octanol–water partition coefficient (Wildman–Crippen LogP) is 15.6. The van der Waals surface area contributed by atoms with Gasteiger partial charge in [0, 0.05) is 61.0 Å². The van der Waals surface area contributed by atoms with Crippen LogP contribution in [0.2, 0.25) is 0 Å². The smallest absolute Gasteiger partial charge is 0.164 e. The van der Waals surface area contributed by atoms with Gasteiger partial charge in [0.2, 0.25) is 0 Å². The van der Waals surface area contributed by atoms with Crippen LogP contribution in [-0.4, -0.2) is 39.5 Å². The van der Waals surface area contributed by atoms with E-state index in [0.29, 0.717) is 34.9 Å². The van der Waals surface area contributed by atoms with E-state index >= 15 is 0 Å². The van der Waals surface area contributed by atoms with Gasteiger partial charge in [-0.15, -0.1) is 0 Å². The number of hydrogen-bond acceptors (Lipinski definition) is 7. The van der Waals surface area contributed by atoms with Crippen molar-refractivity contribution in [2.75, 3.05) is 0 Å². The Morgan fingerprint density at radius 1 is 0.205 bits per heavy atom. The summed E-state index contributed by atoms with van der Waals surface area (Å²) in [6, 6.07) is 87.2. The van der Waals surface area contributed by atoms with Crippen LogP contribution in [-0.2, 0) is 0 Å². The zero-order valence-corrected chi connectivity index (χ0v) is 39.3. The summed E-state index contributed by atoms with van der Waals surface area (Å²) < 4.78 is 2.33. The Kier molecular flexibility index (Phi) is 11.0. The Morgan fingerprint density at radius 3 is 0.945 bits per heavy atom. The van der Waals surface area contributed by atoms with E-state index < -0.39 is 0 Å². The van der Waals surface area contributed by atoms with E-state index in [1.54, 1.807) is 0 Å². The molecule has 9 aromatic carbocycles. The normalized spacial score (nSPS) is 11.3. The molecule has 8 nitrogen and oxygen atoms in total. The minimum absolute atomic E-state index is 0.509. The molecule has 342 valence electrons. The van der Waals surface area contributed by atoms with Crippen molar-refractivity contribution < 1.29 is 0 Å². The first-order valence-corrected chi connectivity index (χ1v) is 24.2. The fraction of sp³-hybridized carbons (Fsp3) is 0. The second-order valence-corrected chi connectivity index (χ2v) is 17.8. The monoisotopic (exact) mass is 934 g/mol. The van der Waals surface area contributed by atoms with Gasteiger partial charge in [0.1, 0.15) is 0 Å². The van der Waals surface area contributed by atoms with Gasteiger partial charge in [-0.1, -0.05) is 200 Å². The number of nitrogens with zero attached hydrogens (tertiary/aromatic N) is 8. The second-order valence-electron chi connectivity index (χ2n) is 17.8. The molecule has 4 aromatic heterocycles. The minimum atomic E-state index is 0.509. The molecule has 0 amide bonds. The lowest BCUT2D eigenvalue weighted by molar-refractivity contribution is 1.06. The lowest BCUT2D eigenvalue weighted by Crippen LogP contribution is -2.03. The molecule has 0 unspecified atom stereocenters. The maximum atomic E-state index is 5.24. The van der Waals surface area contributed by atoms with Gasteiger partial charge in [-0.25, -0.2) is 34.9 Å². The summed E-state index contributed by atoms with van der Waals surface area (Å²) in [6.07, 6.45) is 0. The maximum absolute atomic E-state index is 5.24. The lowest BCUT2D eigenvalue weighted by Gasteiger charge is -2.15. The molecule has 0 aliphatic rings. The zero-order valence-electron chi connectivity index (χ0n) is 39.3. The van der Waals surface area contributed by atoms with E-state index in [4.69, 9.17) is 34.9 Å². The fourth-order valence-electron chi connectivity index (χ4n) is 9.51. The van der Waals surface area contributed by atoms with Crippen LogP contribution < -0.4 is 0 Å². The third-order valence-electron chi connectivity index (χ3n) is 13.1. The van der Waals surface area contributed by atoms with Gasteiger partial charge in [0.25, 0.3) is 0 Å². The second kappa shape index (κ2) is 18.7. The van der Waals surface area contributed by atoms with E-state index in [1.165, 1.54) is 0 Å². The standard InChI is InChI=1S/C65H42N8/c1-7-20-43(21-8-1)49-34-36-58-54(41-49)55-42-50(57-33-19-32-56(66-57)44-22-9-2-10-23-44)35-37-59(55)73(58)53-39-51(64-69-60(45-24-11-3-12-25-45)67-61(70-64)46-26-13-4-14-27-46)38-52(40-53)65-71-62(47-28-15-5-16-29-47)68-63(72-65)48-30-17-6-18-31-48/h1-42H. The van der Waals surface area contributed by atoms with Crippen molar-refractivity contribution in [3.8, 4) is 108 Å². The molecule has 8 heteroatoms. The number of fused-ring (bicyclic) bond motifs is 3. The highest BCUT2D eigenvalue weighted by Crippen LogP contribution is 2.40. The predicted molar refractivity (Wildman–Crippen MR) is 294 cm³/mol. The highest BCUT2D eigenvalue weighted by molar-refractivity contribution is 6.11. The molecule has 0 atom stereocenters. The van der Waals surface area contributed by atoms with Crippen LogP contribution in [0.15, 0.2) is 255 Å². The van der Waals surface area contributed by atoms with Gasteiger partial charge in [-0.2, -0.15) is 0 Å². The largest absolute Gasteiger partial charge is 0.309 e. The van der Waals surface area contributed by atoms with Crippen molar-refractivity contribution in [1.82, 2.24) is 39.5 Å². The molecule has 0 aliphatic carbocycles. The van der Waals surface area contributed by atoms with Gasteiger partial charge in [-0.3, -0.25) is 0 Å². The maximum Gasteiger partial charge on any atom is 0.164 e. The third kappa shape index (κ3) is 8.49. The van der Waals surface area contributed by atoms with E-state index in [1.807, 2.05) is 140 Å². The lowest BCUT2D eigenvalue weighted by atomic mass is 10.0. The number of benzene rings is 9. The summed E-state index contributed by atoms with van der Waals surface area (Å²) in [7, 11) is 0. The van der Waals surface area contributed by atoms with Crippen molar-refractivity contribution in [3.05, 3.63) is 255 Å². The van der Waals surface area contributed by atoms with E-state index in [-0.39, 0.29) is 0 Å². The molecule has 0 saturated carbocycles. The summed E-state index contributed by atoms with van der Waals surface area (Å²) in [5.74, 6) is 3.29. The number of hydrogen-bond donors (Lipinski definition) is 0. The van der Waals surface area contributed by atoms with Crippen LogP contribution >= 0.6 is 0 Å². The molecule has 0 N–H and O–H groups in total. The van der Waals surface area contributed by atoms with Crippen molar-refractivity contribution in [1.29, 1.82) is 0 Å². The van der Waals surface area contributed by atoms with Crippen molar-refractivity contribution in [2.24, 2.45) is 0 Å². The molecule has 13 rings (SSSR count). The van der Waals surface area contributed by atoms with Crippen LogP contribution in [0.3, 0.4) is 0 Å². The molecular weight excluding hydrogens is 893 g/mol. The zero-order chi connectivity index (χ0) is 48.5. The van der Waals surface area contributed by atoms with Crippen molar-refractivity contribution in [2.45, 2.75) is 0 Å². The molecule has 0 bridgehead atoms. The van der Waals surface area contributed by atoms with Crippen LogP contribution in [0.4, 0.5) is 0 Å². The number of aromatic nitrogens is 8. The molecule has 0 saturated heterocycles. The first kappa shape index (κ1) is 43.0. The summed E-state index contributed by atoms with van der Waals surface area (Å²) in [5.41, 5.74) is 14.1. The molecule has 0 spiro atoms. The fourth-order valence-corrected chi connectivity index (χ4v) is 9.51. The third-order valence-corrected chi connectivity index (χ3v) is 13.1. The van der Waals surface area contributed by atoms with Gasteiger partial charge in [-0.05, 0) is 65.7 Å². The average Bonchev–Trinajstić information content (AvgIpc) is 3.81. The van der Waals surface area contributed by atoms with Crippen LogP contribution in [0, 0.1) is 0 Å². The SMILES string of the molecule is c1ccc(-c2ccc3c(c2)c2cc(-c4cccc(-c5ccccc5)n4)ccc2n3-c2cc(-c3nc(-c4ccccc4)nc(-c4ccccc4)n3)cc(-c3nc(-c4ccccc4)nc(-c4ccccc4)n3)c2)cc1. The van der Waals surface area contributed by atoms with E-state index in [9.17, 15) is 0 Å². The molecule has 73 heavy (non-hydrogen) atoms. The molecule has 0 fully saturated rings. The summed E-state index contributed by atoms with van der Waals surface area (Å²) in [5, 5.41) is 2.18. The van der Waals surface area contributed by atoms with Crippen molar-refractivity contribution >= 4 is 21.8 Å². The minimum Gasteiger partial charge on any atom is -0.309 e. The Bertz CT molecular complexity index is 3850. The topological polar surface area (TPSA) is 95.2 Å². The first-order chi connectivity index (χ1) is 36.1. The molecule has 13 aromatic rings. The van der Waals surface area contributed by atoms with Crippen LogP contribution in [0.5, 0.6) is 0 Å². The van der Waals surface area contributed by atoms with E-state index in [0.717, 1.165) is 94.5 Å². The highest BCUT2D eigenvalue weighted by atomic mass is 15.1. The van der Waals surface area contributed by atoms with E-state index in [2.05, 4.69) is 120 Å². The number of pyridine rings is 1. The van der Waals surface area contributed by atoms with Crippen molar-refractivity contribution in [3.63, 3.8) is 0 Å². The molecule has 0 aliphatic heterocycles. The Morgan fingerprint density at radius 2 is 0.534 bits per heavy atom. The summed E-state index contributed by atoms with van der Waals surface area (Å²) in [6.45, 7) is 0. The molecule has 4 heterocycles. The summed E-state index contributed by atoms with van der Waals surface area (Å²) in [4.78, 5) is 36.2. The average molecular weight is 935 g/mol.